The molecule has 0 spiro atoms. The minimum Gasteiger partial charge on any atom is -0.391 e. The number of sulfonamides is 1. The average molecular weight is 305 g/mol. The molecular weight excluding hydrogens is 282 g/mol. The van der Waals surface area contributed by atoms with Crippen LogP contribution in [0.4, 0.5) is 0 Å². The third kappa shape index (κ3) is 5.22. The van der Waals surface area contributed by atoms with Crippen LogP contribution >= 0.6 is 11.3 Å². The second kappa shape index (κ2) is 7.99. The Hall–Kier alpha value is -0.430. The van der Waals surface area contributed by atoms with Crippen molar-refractivity contribution in [3.63, 3.8) is 0 Å². The van der Waals surface area contributed by atoms with Gasteiger partial charge in [0.1, 0.15) is 0 Å². The van der Waals surface area contributed by atoms with Gasteiger partial charge in [0.25, 0.3) is 0 Å². The van der Waals surface area contributed by atoms with Gasteiger partial charge in [0.05, 0.1) is 11.5 Å². The lowest BCUT2D eigenvalue weighted by Gasteiger charge is -2.14. The van der Waals surface area contributed by atoms with E-state index in [2.05, 4.69) is 11.6 Å². The third-order valence-electron chi connectivity index (χ3n) is 2.98. The van der Waals surface area contributed by atoms with Gasteiger partial charge in [-0.15, -0.1) is 11.3 Å². The zero-order chi connectivity index (χ0) is 14.3. The van der Waals surface area contributed by atoms with Crippen molar-refractivity contribution in [2.75, 3.05) is 0 Å². The Morgan fingerprint density at radius 2 is 2.11 bits per heavy atom. The van der Waals surface area contributed by atoms with E-state index < -0.39 is 10.0 Å². The van der Waals surface area contributed by atoms with Crippen LogP contribution in [0.25, 0.3) is 0 Å². The Kier molecular flexibility index (Phi) is 6.99. The van der Waals surface area contributed by atoms with Gasteiger partial charge in [0.2, 0.25) is 10.0 Å². The Balaban J connectivity index is 2.55. The molecule has 1 unspecified atom stereocenters. The molecule has 0 amide bonds. The van der Waals surface area contributed by atoms with Crippen molar-refractivity contribution in [2.24, 2.45) is 0 Å². The van der Waals surface area contributed by atoms with Crippen LogP contribution in [0.1, 0.15) is 50.8 Å². The molecule has 0 bridgehead atoms. The zero-order valence-corrected chi connectivity index (χ0v) is 13.2. The quantitative estimate of drug-likeness (QED) is 0.689. The first-order chi connectivity index (χ1) is 9.01. The van der Waals surface area contributed by atoms with Gasteiger partial charge in [0.15, 0.2) is 0 Å². The van der Waals surface area contributed by atoms with Gasteiger partial charge in [-0.05, 0) is 24.8 Å². The normalized spacial score (nSPS) is 13.6. The highest BCUT2D eigenvalue weighted by Gasteiger charge is 2.21. The number of unbranched alkanes of at least 4 members (excludes halogenated alkanes) is 3. The molecule has 0 saturated carbocycles. The summed E-state index contributed by atoms with van der Waals surface area (Å²) in [5.74, 6) is 0. The molecule has 1 heterocycles. The molecule has 0 radical (unpaired) electrons. The lowest BCUT2D eigenvalue weighted by molar-refractivity contribution is 0.282. The first-order valence-corrected chi connectivity index (χ1v) is 9.07. The second-order valence-corrected chi connectivity index (χ2v) is 7.42. The summed E-state index contributed by atoms with van der Waals surface area (Å²) >= 11 is 1.26. The summed E-state index contributed by atoms with van der Waals surface area (Å²) in [5, 5.41) is 10.8. The Bertz CT molecular complexity index is 468. The highest BCUT2D eigenvalue weighted by molar-refractivity contribution is 7.89. The fraction of sp³-hybridized carbons (Fsp3) is 0.692. The van der Waals surface area contributed by atoms with E-state index in [0.717, 1.165) is 19.3 Å². The van der Waals surface area contributed by atoms with Crippen LogP contribution in [0.15, 0.2) is 16.3 Å². The van der Waals surface area contributed by atoms with Gasteiger partial charge in [-0.25, -0.2) is 13.1 Å². The molecule has 0 aliphatic heterocycles. The van der Waals surface area contributed by atoms with Crippen molar-refractivity contribution in [1.82, 2.24) is 4.72 Å². The second-order valence-electron chi connectivity index (χ2n) is 4.74. The van der Waals surface area contributed by atoms with Crippen LogP contribution < -0.4 is 4.72 Å². The number of thiophene rings is 1. The summed E-state index contributed by atoms with van der Waals surface area (Å²) in [6.45, 7) is 3.80. The van der Waals surface area contributed by atoms with E-state index in [-0.39, 0.29) is 17.5 Å². The molecule has 6 heteroatoms. The topological polar surface area (TPSA) is 66.4 Å². The Labute approximate surface area is 119 Å². The van der Waals surface area contributed by atoms with Gasteiger partial charge in [0, 0.05) is 10.9 Å². The lowest BCUT2D eigenvalue weighted by Crippen LogP contribution is -2.32. The van der Waals surface area contributed by atoms with Crippen molar-refractivity contribution in [3.05, 3.63) is 16.3 Å². The minimum atomic E-state index is -3.50. The zero-order valence-electron chi connectivity index (χ0n) is 11.6. The van der Waals surface area contributed by atoms with Crippen molar-refractivity contribution in [3.8, 4) is 0 Å². The molecule has 1 rings (SSSR count). The smallest absolute Gasteiger partial charge is 0.242 e. The van der Waals surface area contributed by atoms with Crippen molar-refractivity contribution in [1.29, 1.82) is 0 Å². The predicted octanol–water partition coefficient (Wildman–Crippen LogP) is 2.88. The maximum Gasteiger partial charge on any atom is 0.242 e. The van der Waals surface area contributed by atoms with E-state index >= 15 is 0 Å². The fourth-order valence-corrected chi connectivity index (χ4v) is 4.52. The molecule has 0 aliphatic carbocycles. The van der Waals surface area contributed by atoms with Crippen LogP contribution in [-0.4, -0.2) is 19.6 Å². The van der Waals surface area contributed by atoms with Crippen molar-refractivity contribution in [2.45, 2.75) is 63.5 Å². The van der Waals surface area contributed by atoms with Gasteiger partial charge in [-0.1, -0.05) is 32.6 Å². The molecule has 2 N–H and O–H groups in total. The number of hydrogen-bond acceptors (Lipinski definition) is 4. The molecule has 0 aromatic carbocycles. The standard InChI is InChI=1S/C13H23NO3S2/c1-3-4-5-6-7-11(2)14-19(16,17)13-8-9-18-12(13)10-15/h8-9,11,14-15H,3-7,10H2,1-2H3. The van der Waals surface area contributed by atoms with Gasteiger partial charge < -0.3 is 5.11 Å². The van der Waals surface area contributed by atoms with E-state index in [0.29, 0.717) is 4.88 Å². The van der Waals surface area contributed by atoms with Crippen LogP contribution in [-0.2, 0) is 16.6 Å². The van der Waals surface area contributed by atoms with E-state index in [4.69, 9.17) is 5.11 Å². The minimum absolute atomic E-state index is 0.0756. The molecule has 0 fully saturated rings. The van der Waals surface area contributed by atoms with Crippen molar-refractivity contribution < 1.29 is 13.5 Å². The molecular formula is C13H23NO3S2. The number of nitrogens with one attached hydrogen (secondary N) is 1. The molecule has 1 aromatic heterocycles. The summed E-state index contributed by atoms with van der Waals surface area (Å²) in [7, 11) is -3.50. The molecule has 1 atom stereocenters. The number of aliphatic hydroxyl groups is 1. The molecule has 0 saturated heterocycles. The third-order valence-corrected chi connectivity index (χ3v) is 5.69. The largest absolute Gasteiger partial charge is 0.391 e. The van der Waals surface area contributed by atoms with Crippen molar-refractivity contribution >= 4 is 21.4 Å². The Morgan fingerprint density at radius 1 is 1.37 bits per heavy atom. The molecule has 1 aromatic rings. The van der Waals surface area contributed by atoms with E-state index in [1.165, 1.54) is 24.2 Å². The number of rotatable bonds is 9. The number of hydrogen-bond donors (Lipinski definition) is 2. The summed E-state index contributed by atoms with van der Waals surface area (Å²) in [5.41, 5.74) is 0. The van der Waals surface area contributed by atoms with E-state index in [9.17, 15) is 8.42 Å². The monoisotopic (exact) mass is 305 g/mol. The summed E-state index contributed by atoms with van der Waals surface area (Å²) in [6.07, 6.45) is 5.39. The highest BCUT2D eigenvalue weighted by Crippen LogP contribution is 2.22. The fourth-order valence-electron chi connectivity index (χ4n) is 1.95. The molecule has 4 nitrogen and oxygen atoms in total. The molecule has 19 heavy (non-hydrogen) atoms. The van der Waals surface area contributed by atoms with E-state index in [1.807, 2.05) is 6.92 Å². The van der Waals surface area contributed by atoms with Crippen LogP contribution in [0.5, 0.6) is 0 Å². The van der Waals surface area contributed by atoms with Crippen LogP contribution in [0.2, 0.25) is 0 Å². The van der Waals surface area contributed by atoms with Crippen LogP contribution in [0.3, 0.4) is 0 Å². The van der Waals surface area contributed by atoms with Gasteiger partial charge in [-0.2, -0.15) is 0 Å². The number of aliphatic hydroxyl groups excluding tert-OH is 1. The van der Waals surface area contributed by atoms with E-state index in [1.54, 1.807) is 11.4 Å². The molecule has 0 aliphatic rings. The first-order valence-electron chi connectivity index (χ1n) is 6.70. The summed E-state index contributed by atoms with van der Waals surface area (Å²) < 4.78 is 27.0. The SMILES string of the molecule is CCCCCCC(C)NS(=O)(=O)c1ccsc1CO. The van der Waals surface area contributed by atoms with Gasteiger partial charge >= 0.3 is 0 Å². The summed E-state index contributed by atoms with van der Waals surface area (Å²) in [6, 6.07) is 1.47. The lowest BCUT2D eigenvalue weighted by atomic mass is 10.1. The first kappa shape index (κ1) is 16.6. The summed E-state index contributed by atoms with van der Waals surface area (Å²) in [4.78, 5) is 0.700. The Morgan fingerprint density at radius 3 is 2.74 bits per heavy atom. The van der Waals surface area contributed by atoms with Crippen LogP contribution in [0, 0.1) is 0 Å². The average Bonchev–Trinajstić information content (AvgIpc) is 2.83. The molecule has 110 valence electrons. The highest BCUT2D eigenvalue weighted by atomic mass is 32.2. The predicted molar refractivity (Wildman–Crippen MR) is 78.8 cm³/mol. The van der Waals surface area contributed by atoms with Gasteiger partial charge in [-0.3, -0.25) is 0 Å². The maximum atomic E-state index is 12.2. The maximum absolute atomic E-state index is 12.2.